The van der Waals surface area contributed by atoms with E-state index in [0.29, 0.717) is 5.92 Å². The fourth-order valence-electron chi connectivity index (χ4n) is 5.61. The topological polar surface area (TPSA) is 0 Å². The van der Waals surface area contributed by atoms with Crippen LogP contribution in [0.15, 0.2) is 30.4 Å². The molecule has 0 aromatic heterocycles. The molecule has 1 aromatic rings. The first-order valence-electron chi connectivity index (χ1n) is 12.1. The van der Waals surface area contributed by atoms with E-state index in [0.717, 1.165) is 23.3 Å². The molecule has 28 heavy (non-hydrogen) atoms. The van der Waals surface area contributed by atoms with Gasteiger partial charge in [-0.1, -0.05) is 76.2 Å². The number of halogens is 1. The zero-order chi connectivity index (χ0) is 19.8. The molecular formula is C27H41F. The van der Waals surface area contributed by atoms with Gasteiger partial charge >= 0.3 is 0 Å². The fourth-order valence-corrected chi connectivity index (χ4v) is 5.61. The van der Waals surface area contributed by atoms with E-state index in [1.54, 1.807) is 0 Å². The summed E-state index contributed by atoms with van der Waals surface area (Å²) in [5.74, 6) is 3.01. The highest BCUT2D eigenvalue weighted by Gasteiger charge is 2.30. The zero-order valence-corrected chi connectivity index (χ0v) is 18.3. The fraction of sp³-hybridized carbons (Fsp3) is 0.704. The van der Waals surface area contributed by atoms with Gasteiger partial charge in [-0.25, -0.2) is 4.39 Å². The highest BCUT2D eigenvalue weighted by molar-refractivity contribution is 5.27. The van der Waals surface area contributed by atoms with Crippen LogP contribution >= 0.6 is 0 Å². The average molecular weight is 385 g/mol. The number of benzene rings is 1. The number of rotatable bonds is 9. The molecule has 0 spiro atoms. The van der Waals surface area contributed by atoms with Crippen molar-refractivity contribution in [3.8, 4) is 0 Å². The van der Waals surface area contributed by atoms with Crippen molar-refractivity contribution in [2.24, 2.45) is 17.8 Å². The lowest BCUT2D eigenvalue weighted by molar-refractivity contribution is 0.209. The van der Waals surface area contributed by atoms with Crippen molar-refractivity contribution in [3.63, 3.8) is 0 Å². The van der Waals surface area contributed by atoms with Crippen LogP contribution in [0.1, 0.15) is 107 Å². The first kappa shape index (κ1) is 21.6. The molecule has 0 heterocycles. The van der Waals surface area contributed by atoms with E-state index >= 15 is 0 Å². The summed E-state index contributed by atoms with van der Waals surface area (Å²) in [5, 5.41) is 0. The molecular weight excluding hydrogens is 343 g/mol. The lowest BCUT2D eigenvalue weighted by Crippen LogP contribution is -2.23. The molecule has 0 nitrogen and oxygen atoms in total. The summed E-state index contributed by atoms with van der Waals surface area (Å²) in [6, 6.07) is 6.08. The molecule has 3 rings (SSSR count). The van der Waals surface area contributed by atoms with Crippen molar-refractivity contribution in [2.75, 3.05) is 0 Å². The highest BCUT2D eigenvalue weighted by Crippen LogP contribution is 2.44. The van der Waals surface area contributed by atoms with E-state index in [1.807, 2.05) is 19.1 Å². The van der Waals surface area contributed by atoms with E-state index in [2.05, 4.69) is 25.1 Å². The highest BCUT2D eigenvalue weighted by atomic mass is 19.1. The predicted octanol–water partition coefficient (Wildman–Crippen LogP) is 8.74. The van der Waals surface area contributed by atoms with Gasteiger partial charge in [-0.3, -0.25) is 0 Å². The van der Waals surface area contributed by atoms with Crippen molar-refractivity contribution < 1.29 is 4.39 Å². The van der Waals surface area contributed by atoms with Crippen molar-refractivity contribution in [2.45, 2.75) is 103 Å². The third kappa shape index (κ3) is 6.19. The Morgan fingerprint density at radius 2 is 1.79 bits per heavy atom. The summed E-state index contributed by atoms with van der Waals surface area (Å²) in [6.45, 7) is 4.17. The Bertz CT molecular complexity index is 609. The SMILES string of the molecule is CCCCCCC1CCC(C(CC2CC=CCC2)c2ccc(C)c(F)c2)CC1. The Balaban J connectivity index is 1.62. The number of hydrogen-bond acceptors (Lipinski definition) is 0. The van der Waals surface area contributed by atoms with Gasteiger partial charge in [0.25, 0.3) is 0 Å². The summed E-state index contributed by atoms with van der Waals surface area (Å²) < 4.78 is 14.3. The third-order valence-corrected chi connectivity index (χ3v) is 7.52. The first-order chi connectivity index (χ1) is 13.7. The van der Waals surface area contributed by atoms with Gasteiger partial charge in [0, 0.05) is 0 Å². The van der Waals surface area contributed by atoms with Gasteiger partial charge in [-0.2, -0.15) is 0 Å². The number of allylic oxidation sites excluding steroid dienone is 2. The van der Waals surface area contributed by atoms with Crippen LogP contribution in [0, 0.1) is 30.5 Å². The van der Waals surface area contributed by atoms with Gasteiger partial charge in [-0.15, -0.1) is 0 Å². The van der Waals surface area contributed by atoms with Crippen molar-refractivity contribution >= 4 is 0 Å². The van der Waals surface area contributed by atoms with Crippen LogP contribution in [-0.4, -0.2) is 0 Å². The monoisotopic (exact) mass is 384 g/mol. The predicted molar refractivity (Wildman–Crippen MR) is 119 cm³/mol. The van der Waals surface area contributed by atoms with Gasteiger partial charge in [0.2, 0.25) is 0 Å². The molecule has 0 radical (unpaired) electrons. The van der Waals surface area contributed by atoms with Crippen LogP contribution in [0.2, 0.25) is 0 Å². The minimum atomic E-state index is -0.0179. The number of aryl methyl sites for hydroxylation is 1. The Labute approximate surface area is 173 Å². The van der Waals surface area contributed by atoms with Crippen LogP contribution in [0.5, 0.6) is 0 Å². The molecule has 0 aliphatic heterocycles. The molecule has 2 unspecified atom stereocenters. The second-order valence-corrected chi connectivity index (χ2v) is 9.63. The van der Waals surface area contributed by atoms with Crippen LogP contribution in [0.4, 0.5) is 4.39 Å². The van der Waals surface area contributed by atoms with Gasteiger partial charge < -0.3 is 0 Å². The maximum Gasteiger partial charge on any atom is 0.126 e. The van der Waals surface area contributed by atoms with E-state index in [-0.39, 0.29) is 5.82 Å². The van der Waals surface area contributed by atoms with Gasteiger partial charge in [0.15, 0.2) is 0 Å². The smallest absolute Gasteiger partial charge is 0.126 e. The largest absolute Gasteiger partial charge is 0.207 e. The number of hydrogen-bond donors (Lipinski definition) is 0. The molecule has 156 valence electrons. The van der Waals surface area contributed by atoms with E-state index in [4.69, 9.17) is 0 Å². The summed E-state index contributed by atoms with van der Waals surface area (Å²) in [4.78, 5) is 0. The van der Waals surface area contributed by atoms with Crippen molar-refractivity contribution in [3.05, 3.63) is 47.3 Å². The quantitative estimate of drug-likeness (QED) is 0.295. The van der Waals surface area contributed by atoms with Crippen LogP contribution in [-0.2, 0) is 0 Å². The van der Waals surface area contributed by atoms with E-state index < -0.39 is 0 Å². The second kappa shape index (κ2) is 11.2. The minimum Gasteiger partial charge on any atom is -0.207 e. The van der Waals surface area contributed by atoms with E-state index in [1.165, 1.54) is 89.0 Å². The third-order valence-electron chi connectivity index (χ3n) is 7.52. The first-order valence-corrected chi connectivity index (χ1v) is 12.1. The van der Waals surface area contributed by atoms with Crippen molar-refractivity contribution in [1.29, 1.82) is 0 Å². The average Bonchev–Trinajstić information content (AvgIpc) is 2.73. The Kier molecular flexibility index (Phi) is 8.62. The molecule has 2 aliphatic carbocycles. The summed E-state index contributed by atoms with van der Waals surface area (Å²) in [5.41, 5.74) is 2.04. The van der Waals surface area contributed by atoms with E-state index in [9.17, 15) is 4.39 Å². The molecule has 1 fully saturated rings. The summed E-state index contributed by atoms with van der Waals surface area (Å²) in [6.07, 6.45) is 22.2. The minimum absolute atomic E-state index is 0.0179. The second-order valence-electron chi connectivity index (χ2n) is 9.63. The molecule has 1 heteroatoms. The van der Waals surface area contributed by atoms with Crippen LogP contribution in [0.25, 0.3) is 0 Å². The molecule has 0 saturated heterocycles. The standard InChI is InChI=1S/C27H41F/c1-3-4-5-7-10-22-14-17-24(18-15-22)26(19-23-11-8-6-9-12-23)25-16-13-21(2)27(28)20-25/h6,8,13,16,20,22-24,26H,3-5,7,9-12,14-15,17-19H2,1-2H3. The normalized spacial score (nSPS) is 26.3. The maximum atomic E-state index is 14.3. The Hall–Kier alpha value is -1.11. The number of unbranched alkanes of at least 4 members (excludes halogenated alkanes) is 3. The van der Waals surface area contributed by atoms with Crippen LogP contribution in [0.3, 0.4) is 0 Å². The van der Waals surface area contributed by atoms with Crippen molar-refractivity contribution in [1.82, 2.24) is 0 Å². The zero-order valence-electron chi connectivity index (χ0n) is 18.3. The lowest BCUT2D eigenvalue weighted by Gasteiger charge is -2.36. The van der Waals surface area contributed by atoms with Gasteiger partial charge in [0.05, 0.1) is 0 Å². The molecule has 2 aliphatic rings. The molecule has 0 bridgehead atoms. The molecule has 0 N–H and O–H groups in total. The molecule has 1 saturated carbocycles. The molecule has 1 aromatic carbocycles. The van der Waals surface area contributed by atoms with Gasteiger partial charge in [-0.05, 0) is 86.3 Å². The maximum absolute atomic E-state index is 14.3. The summed E-state index contributed by atoms with van der Waals surface area (Å²) in [7, 11) is 0. The Morgan fingerprint density at radius 3 is 2.46 bits per heavy atom. The lowest BCUT2D eigenvalue weighted by atomic mass is 9.69. The Morgan fingerprint density at radius 1 is 0.964 bits per heavy atom. The molecule has 0 amide bonds. The van der Waals surface area contributed by atoms with Crippen LogP contribution < -0.4 is 0 Å². The van der Waals surface area contributed by atoms with Gasteiger partial charge in [0.1, 0.15) is 5.82 Å². The summed E-state index contributed by atoms with van der Waals surface area (Å²) >= 11 is 0. The molecule has 2 atom stereocenters.